The first-order chi connectivity index (χ1) is 12.9. The number of nitriles is 1. The first-order valence-electron chi connectivity index (χ1n) is 8.41. The average molecular weight is 429 g/mol. The lowest BCUT2D eigenvalue weighted by atomic mass is 10.1. The van der Waals surface area contributed by atoms with E-state index in [2.05, 4.69) is 21.2 Å². The van der Waals surface area contributed by atoms with Gasteiger partial charge in [-0.15, -0.1) is 0 Å². The van der Waals surface area contributed by atoms with E-state index in [1.807, 2.05) is 50.2 Å². The highest BCUT2D eigenvalue weighted by molar-refractivity contribution is 9.10. The van der Waals surface area contributed by atoms with Gasteiger partial charge in [0.25, 0.3) is 5.91 Å². The van der Waals surface area contributed by atoms with Gasteiger partial charge >= 0.3 is 0 Å². The highest BCUT2D eigenvalue weighted by Gasteiger charge is 2.14. The van der Waals surface area contributed by atoms with Crippen LogP contribution < -0.4 is 14.8 Å². The number of rotatable bonds is 7. The number of nitrogens with zero attached hydrogens (tertiary/aromatic N) is 1. The van der Waals surface area contributed by atoms with Crippen LogP contribution in [0.5, 0.6) is 11.5 Å². The lowest BCUT2D eigenvalue weighted by molar-refractivity contribution is -0.117. The minimum atomic E-state index is -0.410. The number of hydrogen-bond acceptors (Lipinski definition) is 4. The molecular weight excluding hydrogens is 408 g/mol. The van der Waals surface area contributed by atoms with Crippen LogP contribution in [0, 0.1) is 11.3 Å². The Morgan fingerprint density at radius 1 is 1.30 bits per heavy atom. The Labute approximate surface area is 167 Å². The van der Waals surface area contributed by atoms with Crippen LogP contribution in [0.3, 0.4) is 0 Å². The number of amides is 1. The molecule has 0 aliphatic rings. The standard InChI is InChI=1S/C21H21BrN2O3/c1-14(2)24-21(25)17(12-23)9-16-10-18(22)20(19(11-16)26-3)27-13-15-7-5-4-6-8-15/h4-11,14H,13H2,1-3H3,(H,24,25)/b17-9-. The molecule has 140 valence electrons. The largest absolute Gasteiger partial charge is 0.493 e. The van der Waals surface area contributed by atoms with Crippen molar-refractivity contribution in [1.29, 1.82) is 5.26 Å². The highest BCUT2D eigenvalue weighted by atomic mass is 79.9. The molecule has 0 aliphatic carbocycles. The molecular formula is C21H21BrN2O3. The SMILES string of the molecule is COc1cc(/C=C(/C#N)C(=O)NC(C)C)cc(Br)c1OCc1ccccc1. The first-order valence-corrected chi connectivity index (χ1v) is 9.20. The summed E-state index contributed by atoms with van der Waals surface area (Å²) < 4.78 is 12.0. The summed E-state index contributed by atoms with van der Waals surface area (Å²) in [6.07, 6.45) is 1.52. The van der Waals surface area contributed by atoms with Gasteiger partial charge in [0, 0.05) is 6.04 Å². The van der Waals surface area contributed by atoms with Crippen molar-refractivity contribution < 1.29 is 14.3 Å². The van der Waals surface area contributed by atoms with Gasteiger partial charge < -0.3 is 14.8 Å². The van der Waals surface area contributed by atoms with Gasteiger partial charge in [-0.05, 0) is 59.1 Å². The summed E-state index contributed by atoms with van der Waals surface area (Å²) in [5.41, 5.74) is 1.71. The number of ether oxygens (including phenoxy) is 2. The predicted octanol–water partition coefficient (Wildman–Crippen LogP) is 4.47. The van der Waals surface area contributed by atoms with Crippen molar-refractivity contribution >= 4 is 27.9 Å². The molecule has 5 nitrogen and oxygen atoms in total. The van der Waals surface area contributed by atoms with Crippen molar-refractivity contribution in [3.05, 3.63) is 63.6 Å². The van der Waals surface area contributed by atoms with Crippen molar-refractivity contribution in [1.82, 2.24) is 5.32 Å². The maximum absolute atomic E-state index is 12.1. The van der Waals surface area contributed by atoms with E-state index >= 15 is 0 Å². The van der Waals surface area contributed by atoms with Gasteiger partial charge in [-0.3, -0.25) is 4.79 Å². The van der Waals surface area contributed by atoms with Gasteiger partial charge in [0.2, 0.25) is 0 Å². The fourth-order valence-electron chi connectivity index (χ4n) is 2.35. The molecule has 27 heavy (non-hydrogen) atoms. The van der Waals surface area contributed by atoms with Crippen molar-refractivity contribution in [2.24, 2.45) is 0 Å². The molecule has 0 heterocycles. The van der Waals surface area contributed by atoms with Gasteiger partial charge in [-0.25, -0.2) is 0 Å². The normalized spacial score (nSPS) is 11.0. The Hall–Kier alpha value is -2.78. The minimum Gasteiger partial charge on any atom is -0.493 e. The Bertz CT molecular complexity index is 871. The molecule has 0 aliphatic heterocycles. The zero-order chi connectivity index (χ0) is 19.8. The van der Waals surface area contributed by atoms with E-state index in [9.17, 15) is 10.1 Å². The third-order valence-electron chi connectivity index (χ3n) is 3.57. The second kappa shape index (κ2) is 9.79. The monoisotopic (exact) mass is 428 g/mol. The smallest absolute Gasteiger partial charge is 0.262 e. The van der Waals surface area contributed by atoms with Crippen LogP contribution in [0.2, 0.25) is 0 Å². The lowest BCUT2D eigenvalue weighted by Crippen LogP contribution is -2.30. The summed E-state index contributed by atoms with van der Waals surface area (Å²) in [6.45, 7) is 4.07. The molecule has 1 N–H and O–H groups in total. The van der Waals surface area contributed by atoms with Crippen molar-refractivity contribution in [2.45, 2.75) is 26.5 Å². The fraction of sp³-hybridized carbons (Fsp3) is 0.238. The Kier molecular flexibility index (Phi) is 7.44. The van der Waals surface area contributed by atoms with E-state index in [4.69, 9.17) is 9.47 Å². The first kappa shape index (κ1) is 20.5. The van der Waals surface area contributed by atoms with Crippen LogP contribution in [0.1, 0.15) is 25.0 Å². The summed E-state index contributed by atoms with van der Waals surface area (Å²) in [5, 5.41) is 12.0. The third kappa shape index (κ3) is 5.87. The van der Waals surface area contributed by atoms with Crippen molar-refractivity contribution in [3.63, 3.8) is 0 Å². The highest BCUT2D eigenvalue weighted by Crippen LogP contribution is 2.37. The number of benzene rings is 2. The van der Waals surface area contributed by atoms with Crippen LogP contribution >= 0.6 is 15.9 Å². The van der Waals surface area contributed by atoms with Gasteiger partial charge in [-0.2, -0.15) is 5.26 Å². The quantitative estimate of drug-likeness (QED) is 0.521. The number of nitrogens with one attached hydrogen (secondary N) is 1. The Morgan fingerprint density at radius 2 is 2.00 bits per heavy atom. The zero-order valence-electron chi connectivity index (χ0n) is 15.5. The van der Waals surface area contributed by atoms with Crippen LogP contribution in [0.15, 0.2) is 52.5 Å². The minimum absolute atomic E-state index is 0.0237. The molecule has 0 spiro atoms. The number of carbonyl (C=O) groups excluding carboxylic acids is 1. The molecule has 0 fully saturated rings. The van der Waals surface area contributed by atoms with E-state index in [0.29, 0.717) is 28.1 Å². The second-order valence-corrected chi connectivity index (χ2v) is 6.96. The summed E-state index contributed by atoms with van der Waals surface area (Å²) in [7, 11) is 1.54. The average Bonchev–Trinajstić information content (AvgIpc) is 2.65. The molecule has 2 rings (SSSR count). The molecule has 0 aromatic heterocycles. The zero-order valence-corrected chi connectivity index (χ0v) is 17.0. The van der Waals surface area contributed by atoms with E-state index in [1.165, 1.54) is 6.08 Å². The van der Waals surface area contributed by atoms with Crippen LogP contribution in [0.4, 0.5) is 0 Å². The number of hydrogen-bond donors (Lipinski definition) is 1. The van der Waals surface area contributed by atoms with Crippen LogP contribution in [0.25, 0.3) is 6.08 Å². The Balaban J connectivity index is 2.28. The molecule has 1 amide bonds. The summed E-state index contributed by atoms with van der Waals surface area (Å²) >= 11 is 3.48. The van der Waals surface area contributed by atoms with Crippen molar-refractivity contribution in [3.8, 4) is 17.6 Å². The van der Waals surface area contributed by atoms with Gasteiger partial charge in [-0.1, -0.05) is 30.3 Å². The Morgan fingerprint density at radius 3 is 2.59 bits per heavy atom. The molecule has 2 aromatic rings. The summed E-state index contributed by atoms with van der Waals surface area (Å²) in [6, 6.07) is 15.2. The predicted molar refractivity (Wildman–Crippen MR) is 108 cm³/mol. The summed E-state index contributed by atoms with van der Waals surface area (Å²) in [4.78, 5) is 12.1. The number of methoxy groups -OCH3 is 1. The maximum atomic E-state index is 12.1. The number of halogens is 1. The van der Waals surface area contributed by atoms with E-state index in [1.54, 1.807) is 19.2 Å². The molecule has 0 bridgehead atoms. The molecule has 0 radical (unpaired) electrons. The molecule has 6 heteroatoms. The van der Waals surface area contributed by atoms with Gasteiger partial charge in [0.1, 0.15) is 18.2 Å². The topological polar surface area (TPSA) is 71.3 Å². The fourth-order valence-corrected chi connectivity index (χ4v) is 2.92. The van der Waals surface area contributed by atoms with Crippen LogP contribution in [-0.4, -0.2) is 19.1 Å². The molecule has 2 aromatic carbocycles. The van der Waals surface area contributed by atoms with Crippen molar-refractivity contribution in [2.75, 3.05) is 7.11 Å². The van der Waals surface area contributed by atoms with E-state index < -0.39 is 5.91 Å². The molecule has 0 saturated heterocycles. The molecule has 0 saturated carbocycles. The third-order valence-corrected chi connectivity index (χ3v) is 4.16. The van der Waals surface area contributed by atoms with Crippen LogP contribution in [-0.2, 0) is 11.4 Å². The summed E-state index contributed by atoms with van der Waals surface area (Å²) in [5.74, 6) is 0.656. The number of carbonyl (C=O) groups is 1. The molecule has 0 unspecified atom stereocenters. The lowest BCUT2D eigenvalue weighted by Gasteiger charge is -2.14. The van der Waals surface area contributed by atoms with Gasteiger partial charge in [0.15, 0.2) is 11.5 Å². The van der Waals surface area contributed by atoms with Gasteiger partial charge in [0.05, 0.1) is 11.6 Å². The van der Waals surface area contributed by atoms with E-state index in [0.717, 1.165) is 5.56 Å². The maximum Gasteiger partial charge on any atom is 0.262 e. The molecule has 0 atom stereocenters. The van der Waals surface area contributed by atoms with E-state index in [-0.39, 0.29) is 11.6 Å². The second-order valence-electron chi connectivity index (χ2n) is 6.11.